The molecule has 0 aromatic heterocycles. The van der Waals surface area contributed by atoms with Gasteiger partial charge in [-0.15, -0.1) is 0 Å². The normalized spacial score (nSPS) is 11.6. The molecule has 0 fully saturated rings. The van der Waals surface area contributed by atoms with E-state index in [0.717, 1.165) is 6.07 Å². The van der Waals surface area contributed by atoms with Gasteiger partial charge in [0, 0.05) is 14.1 Å². The van der Waals surface area contributed by atoms with Crippen LogP contribution >= 0.6 is 15.9 Å². The van der Waals surface area contributed by atoms with Gasteiger partial charge in [-0.3, -0.25) is 0 Å². The van der Waals surface area contributed by atoms with Gasteiger partial charge in [-0.1, -0.05) is 6.07 Å². The molecular weight excluding hydrogens is 259 g/mol. The zero-order valence-corrected chi connectivity index (χ0v) is 9.28. The van der Waals surface area contributed by atoms with Crippen molar-refractivity contribution in [1.82, 2.24) is 0 Å². The molecule has 1 aromatic carbocycles. The highest BCUT2D eigenvalue weighted by atomic mass is 79.9. The number of hydrogen-bond donors (Lipinski definition) is 0. The Hall–Kier alpha value is -0.710. The summed E-state index contributed by atoms with van der Waals surface area (Å²) in [5.41, 5.74) is -0.136. The van der Waals surface area contributed by atoms with Gasteiger partial charge in [-0.2, -0.15) is 13.2 Å². The minimum Gasteiger partial charge on any atom is -0.377 e. The molecule has 1 nitrogen and oxygen atoms in total. The number of anilines is 1. The van der Waals surface area contributed by atoms with Gasteiger partial charge < -0.3 is 4.90 Å². The van der Waals surface area contributed by atoms with E-state index in [1.54, 1.807) is 25.1 Å². The standard InChI is InChI=1S/C9H9BrF3N/c1-14(2)7-5-3-4-6(8(7)10)9(11,12)13/h3-5H,1-2H3. The molecule has 78 valence electrons. The fourth-order valence-corrected chi connectivity index (χ4v) is 1.93. The lowest BCUT2D eigenvalue weighted by Crippen LogP contribution is -2.13. The van der Waals surface area contributed by atoms with Gasteiger partial charge in [-0.05, 0) is 28.1 Å². The molecule has 0 aliphatic heterocycles. The number of nitrogens with zero attached hydrogens (tertiary/aromatic N) is 1. The molecule has 1 aromatic rings. The van der Waals surface area contributed by atoms with E-state index in [0.29, 0.717) is 5.69 Å². The summed E-state index contributed by atoms with van der Waals surface area (Å²) in [6.45, 7) is 0. The first-order chi connectivity index (χ1) is 6.34. The summed E-state index contributed by atoms with van der Waals surface area (Å²) >= 11 is 2.96. The lowest BCUT2D eigenvalue weighted by Gasteiger charge is -2.17. The summed E-state index contributed by atoms with van der Waals surface area (Å²) in [6, 6.07) is 4.07. The second kappa shape index (κ2) is 3.81. The molecule has 0 N–H and O–H groups in total. The molecule has 5 heteroatoms. The smallest absolute Gasteiger partial charge is 0.377 e. The van der Waals surface area contributed by atoms with Gasteiger partial charge in [0.25, 0.3) is 0 Å². The number of benzene rings is 1. The van der Waals surface area contributed by atoms with Crippen molar-refractivity contribution < 1.29 is 13.2 Å². The number of halogens is 4. The van der Waals surface area contributed by atoms with Crippen LogP contribution < -0.4 is 4.90 Å². The summed E-state index contributed by atoms with van der Waals surface area (Å²) < 4.78 is 37.4. The predicted molar refractivity (Wildman–Crippen MR) is 53.5 cm³/mol. The summed E-state index contributed by atoms with van der Waals surface area (Å²) in [4.78, 5) is 1.62. The van der Waals surface area contributed by atoms with Crippen molar-refractivity contribution in [2.24, 2.45) is 0 Å². The lowest BCUT2D eigenvalue weighted by atomic mass is 10.2. The van der Waals surface area contributed by atoms with Crippen LogP contribution in [0.3, 0.4) is 0 Å². The summed E-state index contributed by atoms with van der Waals surface area (Å²) in [6.07, 6.45) is -4.31. The Morgan fingerprint density at radius 3 is 2.21 bits per heavy atom. The fraction of sp³-hybridized carbons (Fsp3) is 0.333. The molecule has 0 bridgehead atoms. The van der Waals surface area contributed by atoms with E-state index in [1.807, 2.05) is 0 Å². The average molecular weight is 268 g/mol. The summed E-state index contributed by atoms with van der Waals surface area (Å²) in [7, 11) is 3.39. The largest absolute Gasteiger partial charge is 0.417 e. The Morgan fingerprint density at radius 1 is 1.21 bits per heavy atom. The first kappa shape index (κ1) is 11.4. The van der Waals surface area contributed by atoms with Gasteiger partial charge >= 0.3 is 6.18 Å². The van der Waals surface area contributed by atoms with Crippen LogP contribution in [-0.2, 0) is 6.18 Å². The van der Waals surface area contributed by atoms with E-state index < -0.39 is 11.7 Å². The highest BCUT2D eigenvalue weighted by Crippen LogP contribution is 2.38. The zero-order chi connectivity index (χ0) is 10.9. The van der Waals surface area contributed by atoms with E-state index in [1.165, 1.54) is 6.07 Å². The second-order valence-electron chi connectivity index (χ2n) is 3.03. The van der Waals surface area contributed by atoms with Gasteiger partial charge in [0.05, 0.1) is 15.7 Å². The molecule has 0 aliphatic carbocycles. The minimum atomic E-state index is -4.31. The molecule has 0 atom stereocenters. The van der Waals surface area contributed by atoms with Crippen LogP contribution in [0, 0.1) is 0 Å². The van der Waals surface area contributed by atoms with E-state index in [-0.39, 0.29) is 4.47 Å². The molecule has 0 radical (unpaired) electrons. The number of hydrogen-bond acceptors (Lipinski definition) is 1. The van der Waals surface area contributed by atoms with E-state index in [9.17, 15) is 13.2 Å². The van der Waals surface area contributed by atoms with Crippen LogP contribution in [0.5, 0.6) is 0 Å². The van der Waals surface area contributed by atoms with Gasteiger partial charge in [0.1, 0.15) is 0 Å². The minimum absolute atomic E-state index is 0.0810. The van der Waals surface area contributed by atoms with Crippen molar-refractivity contribution >= 4 is 21.6 Å². The first-order valence-electron chi connectivity index (χ1n) is 3.87. The Balaban J connectivity index is 3.28. The molecule has 0 saturated heterocycles. The lowest BCUT2D eigenvalue weighted by molar-refractivity contribution is -0.138. The first-order valence-corrected chi connectivity index (χ1v) is 4.66. The maximum absolute atomic E-state index is 12.4. The molecule has 14 heavy (non-hydrogen) atoms. The Kier molecular flexibility index (Phi) is 3.09. The van der Waals surface area contributed by atoms with E-state index in [2.05, 4.69) is 15.9 Å². The maximum atomic E-state index is 12.4. The van der Waals surface area contributed by atoms with Crippen molar-refractivity contribution in [3.63, 3.8) is 0 Å². The van der Waals surface area contributed by atoms with Gasteiger partial charge in [0.15, 0.2) is 0 Å². The van der Waals surface area contributed by atoms with Crippen LogP contribution in [0.4, 0.5) is 18.9 Å². The van der Waals surface area contributed by atoms with Crippen LogP contribution in [0.15, 0.2) is 22.7 Å². The van der Waals surface area contributed by atoms with Crippen LogP contribution in [0.1, 0.15) is 5.56 Å². The van der Waals surface area contributed by atoms with Gasteiger partial charge in [0.2, 0.25) is 0 Å². The summed E-state index contributed by atoms with van der Waals surface area (Å²) in [5.74, 6) is 0. The zero-order valence-electron chi connectivity index (χ0n) is 7.69. The molecule has 0 unspecified atom stereocenters. The Morgan fingerprint density at radius 2 is 1.79 bits per heavy atom. The Bertz CT molecular complexity index is 333. The fourth-order valence-electron chi connectivity index (χ4n) is 1.08. The third kappa shape index (κ3) is 2.20. The van der Waals surface area contributed by atoms with Crippen LogP contribution in [-0.4, -0.2) is 14.1 Å². The SMILES string of the molecule is CN(C)c1cccc(C(F)(F)F)c1Br. The van der Waals surface area contributed by atoms with Crippen molar-refractivity contribution in [1.29, 1.82) is 0 Å². The van der Waals surface area contributed by atoms with Gasteiger partial charge in [-0.25, -0.2) is 0 Å². The molecule has 0 spiro atoms. The number of rotatable bonds is 1. The monoisotopic (exact) mass is 267 g/mol. The molecule has 0 saturated carbocycles. The highest BCUT2D eigenvalue weighted by molar-refractivity contribution is 9.10. The average Bonchev–Trinajstić information content (AvgIpc) is 2.01. The van der Waals surface area contributed by atoms with E-state index >= 15 is 0 Å². The highest BCUT2D eigenvalue weighted by Gasteiger charge is 2.33. The molecule has 1 rings (SSSR count). The summed E-state index contributed by atoms with van der Waals surface area (Å²) in [5, 5.41) is 0. The van der Waals surface area contributed by atoms with Crippen molar-refractivity contribution in [3.8, 4) is 0 Å². The second-order valence-corrected chi connectivity index (χ2v) is 3.82. The Labute approximate surface area is 88.7 Å². The number of alkyl halides is 3. The van der Waals surface area contributed by atoms with E-state index in [4.69, 9.17) is 0 Å². The van der Waals surface area contributed by atoms with Crippen LogP contribution in [0.2, 0.25) is 0 Å². The third-order valence-electron chi connectivity index (χ3n) is 1.77. The third-order valence-corrected chi connectivity index (χ3v) is 2.60. The maximum Gasteiger partial charge on any atom is 0.417 e. The molecule has 0 heterocycles. The topological polar surface area (TPSA) is 3.24 Å². The molecular formula is C9H9BrF3N. The van der Waals surface area contributed by atoms with Crippen molar-refractivity contribution in [2.75, 3.05) is 19.0 Å². The van der Waals surface area contributed by atoms with Crippen molar-refractivity contribution in [2.45, 2.75) is 6.18 Å². The van der Waals surface area contributed by atoms with Crippen molar-refractivity contribution in [3.05, 3.63) is 28.2 Å². The predicted octanol–water partition coefficient (Wildman–Crippen LogP) is 3.53. The molecule has 0 amide bonds. The quantitative estimate of drug-likeness (QED) is 0.753. The molecule has 0 aliphatic rings. The van der Waals surface area contributed by atoms with Crippen LogP contribution in [0.25, 0.3) is 0 Å².